The molecule has 2 aliphatic rings. The normalized spacial score (nSPS) is 15.8. The Morgan fingerprint density at radius 2 is 1.84 bits per heavy atom. The quantitative estimate of drug-likeness (QED) is 0.250. The number of likely N-dealkylation sites (tertiary alicyclic amines) is 1. The summed E-state index contributed by atoms with van der Waals surface area (Å²) in [5.74, 6) is -2.05. The first-order chi connectivity index (χ1) is 20.5. The number of imidazole rings is 1. The molecule has 2 aromatic carbocycles. The first kappa shape index (κ1) is 29.3. The third-order valence-corrected chi connectivity index (χ3v) is 9.10. The summed E-state index contributed by atoms with van der Waals surface area (Å²) in [6.45, 7) is 3.50. The monoisotopic (exact) mass is 632 g/mol. The van der Waals surface area contributed by atoms with Gasteiger partial charge in [-0.15, -0.1) is 11.3 Å². The van der Waals surface area contributed by atoms with Crippen LogP contribution in [0.15, 0.2) is 48.5 Å². The molecule has 1 fully saturated rings. The zero-order valence-corrected chi connectivity index (χ0v) is 25.0. The molecule has 2 aliphatic heterocycles. The predicted octanol–water partition coefficient (Wildman–Crippen LogP) is 5.93. The zero-order valence-electron chi connectivity index (χ0n) is 23.4. The van der Waals surface area contributed by atoms with Gasteiger partial charge in [-0.1, -0.05) is 23.7 Å². The Morgan fingerprint density at radius 3 is 2.53 bits per heavy atom. The molecule has 0 spiro atoms. The summed E-state index contributed by atoms with van der Waals surface area (Å²) >= 11 is 7.10. The van der Waals surface area contributed by atoms with Gasteiger partial charge in [-0.3, -0.25) is 9.69 Å². The van der Waals surface area contributed by atoms with E-state index in [1.165, 1.54) is 23.8 Å². The van der Waals surface area contributed by atoms with Crippen LogP contribution < -0.4 is 14.9 Å². The van der Waals surface area contributed by atoms with E-state index in [-0.39, 0.29) is 10.6 Å². The predicted molar refractivity (Wildman–Crippen MR) is 161 cm³/mol. The lowest BCUT2D eigenvalue weighted by atomic mass is 10.1. The van der Waals surface area contributed by atoms with Gasteiger partial charge < -0.3 is 19.2 Å². The van der Waals surface area contributed by atoms with E-state index in [2.05, 4.69) is 9.80 Å². The molecule has 0 aliphatic carbocycles. The van der Waals surface area contributed by atoms with E-state index in [9.17, 15) is 22.8 Å². The average molecular weight is 633 g/mol. The fourth-order valence-electron chi connectivity index (χ4n) is 5.37. The van der Waals surface area contributed by atoms with Crippen LogP contribution in [0, 0.1) is 0 Å². The van der Waals surface area contributed by atoms with Crippen molar-refractivity contribution in [3.8, 4) is 10.4 Å². The van der Waals surface area contributed by atoms with Gasteiger partial charge in [-0.05, 0) is 67.9 Å². The second-order valence-electron chi connectivity index (χ2n) is 10.6. The minimum absolute atomic E-state index is 0.0809. The summed E-state index contributed by atoms with van der Waals surface area (Å²) in [5.41, 5.74) is 2.67. The van der Waals surface area contributed by atoms with Crippen LogP contribution in [0.1, 0.15) is 22.5 Å². The van der Waals surface area contributed by atoms with Crippen molar-refractivity contribution < 1.29 is 27.6 Å². The number of fused-ring (bicyclic) bond motifs is 2. The van der Waals surface area contributed by atoms with Crippen LogP contribution in [0.5, 0.6) is 0 Å². The first-order valence-corrected chi connectivity index (χ1v) is 14.9. The lowest BCUT2D eigenvalue weighted by Crippen LogP contribution is -2.48. The molecule has 4 heterocycles. The second kappa shape index (κ2) is 11.4. The Hall–Kier alpha value is -3.81. The molecule has 14 heteroatoms. The average Bonchev–Trinajstić information content (AvgIpc) is 3.73. The van der Waals surface area contributed by atoms with Crippen LogP contribution in [0.3, 0.4) is 0 Å². The first-order valence-electron chi connectivity index (χ1n) is 13.7. The molecule has 2 aromatic heterocycles. The van der Waals surface area contributed by atoms with Gasteiger partial charge in [-0.2, -0.15) is 18.2 Å². The third-order valence-electron chi connectivity index (χ3n) is 7.69. The van der Waals surface area contributed by atoms with Gasteiger partial charge in [-0.25, -0.2) is 9.78 Å². The number of halogens is 4. The fourth-order valence-corrected chi connectivity index (χ4v) is 6.60. The summed E-state index contributed by atoms with van der Waals surface area (Å²) in [5, 5.41) is 1.33. The smallest absolute Gasteiger partial charge is 0.344 e. The van der Waals surface area contributed by atoms with Crippen LogP contribution in [0.25, 0.3) is 21.5 Å². The standard InChI is InChI=1S/C29H28ClF3N6O3S/c1-35(13-14-37-11-3-4-12-37)28-34-21-10-9-20(15-22(21)36(28)2)38-17-39(42-27(41)29(31,32)33)23-16-24(43-25(23)26(38)40)18-5-7-19(30)8-6-18/h5-10,15-16H,3-4,11-14,17H2,1-2H3. The van der Waals surface area contributed by atoms with Crippen molar-refractivity contribution in [2.45, 2.75) is 19.0 Å². The van der Waals surface area contributed by atoms with Crippen LogP contribution in [-0.4, -0.2) is 72.4 Å². The van der Waals surface area contributed by atoms with E-state index in [1.54, 1.807) is 42.5 Å². The highest BCUT2D eigenvalue weighted by atomic mass is 35.5. The van der Waals surface area contributed by atoms with Gasteiger partial charge in [0.05, 0.1) is 11.0 Å². The molecule has 43 heavy (non-hydrogen) atoms. The number of benzene rings is 2. The molecular formula is C29H28ClF3N6O3S. The largest absolute Gasteiger partial charge is 0.493 e. The Bertz CT molecular complexity index is 1680. The molecule has 0 unspecified atom stereocenters. The number of rotatable bonds is 7. The minimum atomic E-state index is -5.22. The molecule has 9 nitrogen and oxygen atoms in total. The topological polar surface area (TPSA) is 74.2 Å². The molecule has 1 amide bonds. The van der Waals surface area contributed by atoms with Crippen molar-refractivity contribution in [2.75, 3.05) is 54.8 Å². The van der Waals surface area contributed by atoms with E-state index < -0.39 is 24.7 Å². The number of alkyl halides is 3. The molecule has 1 saturated heterocycles. The van der Waals surface area contributed by atoms with Crippen LogP contribution in [-0.2, 0) is 16.7 Å². The summed E-state index contributed by atoms with van der Waals surface area (Å²) < 4.78 is 41.5. The Morgan fingerprint density at radius 1 is 1.12 bits per heavy atom. The number of nitrogens with zero attached hydrogens (tertiary/aromatic N) is 6. The van der Waals surface area contributed by atoms with Crippen molar-refractivity contribution in [1.82, 2.24) is 14.5 Å². The molecule has 0 bridgehead atoms. The van der Waals surface area contributed by atoms with Crippen molar-refractivity contribution in [1.29, 1.82) is 0 Å². The number of hydrogen-bond donors (Lipinski definition) is 0. The molecule has 0 atom stereocenters. The highest BCUT2D eigenvalue weighted by Crippen LogP contribution is 2.42. The van der Waals surface area contributed by atoms with E-state index in [4.69, 9.17) is 21.4 Å². The molecule has 0 N–H and O–H groups in total. The van der Waals surface area contributed by atoms with Crippen molar-refractivity contribution in [3.05, 3.63) is 58.4 Å². The molecular weight excluding hydrogens is 605 g/mol. The number of thiophene rings is 1. The highest BCUT2D eigenvalue weighted by Gasteiger charge is 2.45. The SMILES string of the molecule is CN(CCN1CCCC1)c1nc2ccc(N3CN(OC(=O)C(F)(F)F)c4cc(-c5ccc(Cl)cc5)sc4C3=O)cc2n1C. The lowest BCUT2D eigenvalue weighted by Gasteiger charge is -2.34. The fraction of sp³-hybridized carbons (Fsp3) is 0.345. The number of carbonyl (C=O) groups excluding carboxylic acids is 2. The van der Waals surface area contributed by atoms with E-state index >= 15 is 0 Å². The minimum Gasteiger partial charge on any atom is -0.344 e. The summed E-state index contributed by atoms with van der Waals surface area (Å²) in [6, 6.07) is 13.6. The third kappa shape index (κ3) is 5.76. The summed E-state index contributed by atoms with van der Waals surface area (Å²) in [7, 11) is 3.86. The number of hydroxylamine groups is 1. The number of aromatic nitrogens is 2. The molecule has 6 rings (SSSR count). The zero-order chi connectivity index (χ0) is 30.5. The van der Waals surface area contributed by atoms with E-state index in [0.29, 0.717) is 26.7 Å². The van der Waals surface area contributed by atoms with Crippen LogP contribution in [0.2, 0.25) is 5.02 Å². The lowest BCUT2D eigenvalue weighted by molar-refractivity contribution is -0.201. The molecule has 0 saturated carbocycles. The van der Waals surface area contributed by atoms with E-state index in [0.717, 1.165) is 54.0 Å². The highest BCUT2D eigenvalue weighted by molar-refractivity contribution is 7.18. The van der Waals surface area contributed by atoms with Crippen molar-refractivity contribution in [2.24, 2.45) is 7.05 Å². The van der Waals surface area contributed by atoms with Crippen molar-refractivity contribution in [3.63, 3.8) is 0 Å². The number of hydrogen-bond acceptors (Lipinski definition) is 8. The van der Waals surface area contributed by atoms with Gasteiger partial charge in [0.2, 0.25) is 5.95 Å². The summed E-state index contributed by atoms with van der Waals surface area (Å²) in [6.07, 6.45) is -2.78. The van der Waals surface area contributed by atoms with Crippen LogP contribution >= 0.6 is 22.9 Å². The Balaban J connectivity index is 1.32. The molecule has 4 aromatic rings. The maximum Gasteiger partial charge on any atom is 0.493 e. The number of likely N-dealkylation sites (N-methyl/N-ethyl adjacent to an activating group) is 1. The number of amides is 1. The summed E-state index contributed by atoms with van der Waals surface area (Å²) in [4.78, 5) is 41.8. The Kier molecular flexibility index (Phi) is 7.73. The van der Waals surface area contributed by atoms with Gasteiger partial charge in [0.1, 0.15) is 17.2 Å². The van der Waals surface area contributed by atoms with Gasteiger partial charge >= 0.3 is 12.1 Å². The van der Waals surface area contributed by atoms with Gasteiger partial charge in [0, 0.05) is 42.8 Å². The van der Waals surface area contributed by atoms with Gasteiger partial charge in [0.25, 0.3) is 5.91 Å². The molecule has 0 radical (unpaired) electrons. The van der Waals surface area contributed by atoms with E-state index in [1.807, 2.05) is 18.7 Å². The van der Waals surface area contributed by atoms with Gasteiger partial charge in [0.15, 0.2) is 0 Å². The number of aryl methyl sites for hydroxylation is 1. The maximum atomic E-state index is 13.8. The van der Waals surface area contributed by atoms with Crippen molar-refractivity contribution >= 4 is 63.2 Å². The number of anilines is 3. The number of carbonyl (C=O) groups is 2. The second-order valence-corrected chi connectivity index (χ2v) is 12.1. The Labute approximate surface area is 254 Å². The molecule has 226 valence electrons. The maximum absolute atomic E-state index is 13.8. The van der Waals surface area contributed by atoms with Crippen LogP contribution in [0.4, 0.5) is 30.5 Å².